The Kier molecular flexibility index (Phi) is 3.30. The normalized spacial score (nSPS) is 11.1. The van der Waals surface area contributed by atoms with Gasteiger partial charge >= 0.3 is 0 Å². The van der Waals surface area contributed by atoms with Gasteiger partial charge in [-0.1, -0.05) is 0 Å². The quantitative estimate of drug-likeness (QED) is 0.551. The number of methoxy groups -OCH3 is 1. The SMILES string of the molecule is COc1cc2cc(-c3ccc(F)cc3)oc2cc1-c1nnc(C)o1. The third kappa shape index (κ3) is 2.42. The van der Waals surface area contributed by atoms with Crippen LogP contribution in [0.25, 0.3) is 33.7 Å². The maximum absolute atomic E-state index is 13.1. The van der Waals surface area contributed by atoms with Crippen LogP contribution in [0.1, 0.15) is 5.89 Å². The second-order valence-electron chi connectivity index (χ2n) is 5.33. The number of halogens is 1. The minimum atomic E-state index is -0.286. The van der Waals surface area contributed by atoms with Crippen molar-refractivity contribution in [2.75, 3.05) is 7.11 Å². The molecule has 0 fully saturated rings. The first-order valence-electron chi connectivity index (χ1n) is 7.32. The summed E-state index contributed by atoms with van der Waals surface area (Å²) in [5, 5.41) is 8.73. The van der Waals surface area contributed by atoms with E-state index in [0.717, 1.165) is 10.9 Å². The molecule has 0 amide bonds. The Hall–Kier alpha value is -3.15. The van der Waals surface area contributed by atoms with Crippen LogP contribution in [0.15, 0.2) is 51.3 Å². The van der Waals surface area contributed by atoms with Crippen LogP contribution in [-0.4, -0.2) is 17.3 Å². The molecule has 0 spiro atoms. The van der Waals surface area contributed by atoms with E-state index in [9.17, 15) is 4.39 Å². The van der Waals surface area contributed by atoms with Crippen molar-refractivity contribution in [1.29, 1.82) is 0 Å². The average molecular weight is 324 g/mol. The number of aromatic nitrogens is 2. The molecule has 0 aliphatic carbocycles. The number of hydrogen-bond donors (Lipinski definition) is 0. The van der Waals surface area contributed by atoms with Crippen molar-refractivity contribution in [3.05, 3.63) is 54.2 Å². The van der Waals surface area contributed by atoms with Crippen LogP contribution < -0.4 is 4.74 Å². The van der Waals surface area contributed by atoms with Gasteiger partial charge in [-0.3, -0.25) is 0 Å². The molecule has 4 aromatic rings. The maximum Gasteiger partial charge on any atom is 0.251 e. The molecule has 0 N–H and O–H groups in total. The first kappa shape index (κ1) is 14.4. The number of rotatable bonds is 3. The second-order valence-corrected chi connectivity index (χ2v) is 5.33. The summed E-state index contributed by atoms with van der Waals surface area (Å²) < 4.78 is 29.9. The fourth-order valence-corrected chi connectivity index (χ4v) is 2.56. The fraction of sp³-hybridized carbons (Fsp3) is 0.111. The van der Waals surface area contributed by atoms with Crippen molar-refractivity contribution in [2.24, 2.45) is 0 Å². The molecule has 0 bridgehead atoms. The zero-order chi connectivity index (χ0) is 16.7. The van der Waals surface area contributed by atoms with Crippen LogP contribution in [0.2, 0.25) is 0 Å². The first-order chi connectivity index (χ1) is 11.6. The summed E-state index contributed by atoms with van der Waals surface area (Å²) in [6.45, 7) is 1.72. The van der Waals surface area contributed by atoms with E-state index in [1.807, 2.05) is 12.1 Å². The minimum Gasteiger partial charge on any atom is -0.496 e. The first-order valence-corrected chi connectivity index (χ1v) is 7.32. The molecule has 0 saturated heterocycles. The van der Waals surface area contributed by atoms with Crippen molar-refractivity contribution < 1.29 is 18.0 Å². The molecule has 24 heavy (non-hydrogen) atoms. The molecule has 6 heteroatoms. The van der Waals surface area contributed by atoms with Crippen molar-refractivity contribution in [3.8, 4) is 28.5 Å². The molecule has 0 aliphatic heterocycles. The van der Waals surface area contributed by atoms with Gasteiger partial charge in [0.05, 0.1) is 12.7 Å². The summed E-state index contributed by atoms with van der Waals surface area (Å²) in [6.07, 6.45) is 0. The molecule has 0 aliphatic rings. The predicted octanol–water partition coefficient (Wildman–Crippen LogP) is 4.61. The van der Waals surface area contributed by atoms with Crippen molar-refractivity contribution >= 4 is 11.0 Å². The highest BCUT2D eigenvalue weighted by molar-refractivity contribution is 5.88. The monoisotopic (exact) mass is 324 g/mol. The van der Waals surface area contributed by atoms with Crippen LogP contribution >= 0.6 is 0 Å². The third-order valence-corrected chi connectivity index (χ3v) is 3.72. The lowest BCUT2D eigenvalue weighted by Crippen LogP contribution is -1.88. The third-order valence-electron chi connectivity index (χ3n) is 3.72. The van der Waals surface area contributed by atoms with Crippen molar-refractivity contribution in [1.82, 2.24) is 10.2 Å². The maximum atomic E-state index is 13.1. The Morgan fingerprint density at radius 1 is 1.00 bits per heavy atom. The van der Waals surface area contributed by atoms with Gasteiger partial charge in [0.1, 0.15) is 22.9 Å². The number of nitrogens with zero attached hydrogens (tertiary/aromatic N) is 2. The number of benzene rings is 2. The average Bonchev–Trinajstić information content (AvgIpc) is 3.19. The second kappa shape index (κ2) is 5.49. The summed E-state index contributed by atoms with van der Waals surface area (Å²) in [6, 6.07) is 11.7. The van der Waals surface area contributed by atoms with Crippen molar-refractivity contribution in [2.45, 2.75) is 6.92 Å². The standard InChI is InChI=1S/C18H13FN2O3/c1-10-20-21-18(23-10)14-9-16-12(8-17(14)22-2)7-15(24-16)11-3-5-13(19)6-4-11/h3-9H,1-2H3. The number of ether oxygens (including phenoxy) is 1. The molecule has 2 heterocycles. The van der Waals surface area contributed by atoms with Crippen LogP contribution in [0.4, 0.5) is 4.39 Å². The van der Waals surface area contributed by atoms with E-state index in [-0.39, 0.29) is 5.82 Å². The lowest BCUT2D eigenvalue weighted by atomic mass is 10.1. The van der Waals surface area contributed by atoms with E-state index in [2.05, 4.69) is 10.2 Å². The minimum absolute atomic E-state index is 0.286. The van der Waals surface area contributed by atoms with Crippen LogP contribution in [0.5, 0.6) is 5.75 Å². The molecule has 0 atom stereocenters. The molecular weight excluding hydrogens is 311 g/mol. The Bertz CT molecular complexity index is 1020. The Morgan fingerprint density at radius 2 is 1.79 bits per heavy atom. The molecule has 0 radical (unpaired) electrons. The number of hydrogen-bond acceptors (Lipinski definition) is 5. The molecule has 0 saturated carbocycles. The highest BCUT2D eigenvalue weighted by Crippen LogP contribution is 2.36. The Labute approximate surface area is 136 Å². The molecule has 4 rings (SSSR count). The highest BCUT2D eigenvalue weighted by atomic mass is 19.1. The van der Waals surface area contributed by atoms with Crippen molar-refractivity contribution in [3.63, 3.8) is 0 Å². The zero-order valence-corrected chi connectivity index (χ0v) is 13.0. The van der Waals surface area contributed by atoms with Gasteiger partial charge in [0, 0.05) is 17.9 Å². The lowest BCUT2D eigenvalue weighted by molar-refractivity contribution is 0.414. The van der Waals surface area contributed by atoms with Gasteiger partial charge in [0.2, 0.25) is 5.89 Å². The van der Waals surface area contributed by atoms with E-state index in [1.165, 1.54) is 12.1 Å². The summed E-state index contributed by atoms with van der Waals surface area (Å²) in [5.74, 6) is 1.80. The summed E-state index contributed by atoms with van der Waals surface area (Å²) in [5.41, 5.74) is 2.10. The van der Waals surface area contributed by atoms with Gasteiger partial charge < -0.3 is 13.6 Å². The predicted molar refractivity (Wildman–Crippen MR) is 86.2 cm³/mol. The van der Waals surface area contributed by atoms with E-state index in [0.29, 0.717) is 34.4 Å². The summed E-state index contributed by atoms with van der Waals surface area (Å²) >= 11 is 0. The van der Waals surface area contributed by atoms with Gasteiger partial charge in [-0.2, -0.15) is 0 Å². The Balaban J connectivity index is 1.86. The number of fused-ring (bicyclic) bond motifs is 1. The van der Waals surface area contributed by atoms with E-state index >= 15 is 0 Å². The molecule has 2 aromatic carbocycles. The topological polar surface area (TPSA) is 61.3 Å². The van der Waals surface area contributed by atoms with Gasteiger partial charge in [-0.25, -0.2) is 4.39 Å². The van der Waals surface area contributed by atoms with Crippen LogP contribution in [0.3, 0.4) is 0 Å². The zero-order valence-electron chi connectivity index (χ0n) is 13.0. The summed E-state index contributed by atoms with van der Waals surface area (Å²) in [4.78, 5) is 0. The van der Waals surface area contributed by atoms with E-state index in [1.54, 1.807) is 32.2 Å². The molecule has 0 unspecified atom stereocenters. The molecular formula is C18H13FN2O3. The molecule has 120 valence electrons. The van der Waals surface area contributed by atoms with Gasteiger partial charge in [-0.05, 0) is 42.5 Å². The lowest BCUT2D eigenvalue weighted by Gasteiger charge is -2.04. The highest BCUT2D eigenvalue weighted by Gasteiger charge is 2.16. The largest absolute Gasteiger partial charge is 0.496 e. The Morgan fingerprint density at radius 3 is 2.46 bits per heavy atom. The molecule has 2 aromatic heterocycles. The fourth-order valence-electron chi connectivity index (χ4n) is 2.56. The summed E-state index contributed by atoms with van der Waals surface area (Å²) in [7, 11) is 1.58. The van der Waals surface area contributed by atoms with Gasteiger partial charge in [0.25, 0.3) is 5.89 Å². The van der Waals surface area contributed by atoms with Gasteiger partial charge in [-0.15, -0.1) is 10.2 Å². The van der Waals surface area contributed by atoms with Gasteiger partial charge in [0.15, 0.2) is 0 Å². The van der Waals surface area contributed by atoms with E-state index in [4.69, 9.17) is 13.6 Å². The number of furan rings is 1. The van der Waals surface area contributed by atoms with Crippen LogP contribution in [0, 0.1) is 12.7 Å². The number of aryl methyl sites for hydroxylation is 1. The van der Waals surface area contributed by atoms with Crippen LogP contribution in [-0.2, 0) is 0 Å². The molecule has 5 nitrogen and oxygen atoms in total. The van der Waals surface area contributed by atoms with E-state index < -0.39 is 0 Å². The smallest absolute Gasteiger partial charge is 0.251 e.